The number of nitrogens with zero attached hydrogens (tertiary/aromatic N) is 1. The number of benzene rings is 7. The Hall–Kier alpha value is -5.78. The lowest BCUT2D eigenvalue weighted by Crippen LogP contribution is -2.37. The van der Waals surface area contributed by atoms with E-state index in [-0.39, 0.29) is 10.8 Å². The summed E-state index contributed by atoms with van der Waals surface area (Å²) in [6.07, 6.45) is 0. The summed E-state index contributed by atoms with van der Waals surface area (Å²) in [4.78, 5) is 0. The standard InChI is InChI=1S/C50H40BN2OS/c1-49(2,3)28-15-18-30(19-16-28)52-38-22-17-29(50(4,5)6)25-35(38)32-20-21-34-45-39(23-24-42-46(45)33-12-7-9-13-41(33)54-42)53-40-27-44-36(26-37(40)51-47(32)48(34)53)31-11-8-10-14-43(31)55-44/h7-27,52H,1-6H3. The minimum Gasteiger partial charge on any atom is -0.456 e. The van der Waals surface area contributed by atoms with Crippen LogP contribution in [0.25, 0.3) is 80.7 Å². The second kappa shape index (κ2) is 11.4. The van der Waals surface area contributed by atoms with Crippen LogP contribution in [0.1, 0.15) is 52.7 Å². The molecular weight excluding hydrogens is 687 g/mol. The molecule has 55 heavy (non-hydrogen) atoms. The van der Waals surface area contributed by atoms with Crippen LogP contribution in [0.3, 0.4) is 0 Å². The van der Waals surface area contributed by atoms with Crippen molar-refractivity contribution >= 4 is 105 Å². The van der Waals surface area contributed by atoms with Crippen LogP contribution in [0.5, 0.6) is 0 Å². The Morgan fingerprint density at radius 1 is 0.582 bits per heavy atom. The van der Waals surface area contributed by atoms with Gasteiger partial charge in [-0.25, -0.2) is 0 Å². The third kappa shape index (κ3) is 4.89. The Labute approximate surface area is 325 Å². The van der Waals surface area contributed by atoms with E-state index >= 15 is 0 Å². The first kappa shape index (κ1) is 32.6. The van der Waals surface area contributed by atoms with Gasteiger partial charge in [-0.1, -0.05) is 120 Å². The number of nitrogens with one attached hydrogen (secondary N) is 1. The smallest absolute Gasteiger partial charge is 0.197 e. The quantitative estimate of drug-likeness (QED) is 0.184. The highest BCUT2D eigenvalue weighted by Crippen LogP contribution is 2.45. The molecule has 265 valence electrons. The molecule has 0 saturated carbocycles. The van der Waals surface area contributed by atoms with E-state index in [2.05, 4.69) is 186 Å². The molecule has 5 heteroatoms. The van der Waals surface area contributed by atoms with Gasteiger partial charge in [0.15, 0.2) is 7.28 Å². The molecule has 0 unspecified atom stereocenters. The first-order chi connectivity index (χ1) is 26.5. The number of aromatic nitrogens is 1. The molecule has 3 aromatic heterocycles. The van der Waals surface area contributed by atoms with Gasteiger partial charge in [0, 0.05) is 64.5 Å². The molecule has 7 aromatic carbocycles. The van der Waals surface area contributed by atoms with Crippen molar-refractivity contribution in [2.45, 2.75) is 52.4 Å². The number of furan rings is 1. The Morgan fingerprint density at radius 3 is 2.13 bits per heavy atom. The maximum atomic E-state index is 6.47. The minimum atomic E-state index is -0.0201. The van der Waals surface area contributed by atoms with Gasteiger partial charge in [0.2, 0.25) is 0 Å². The van der Waals surface area contributed by atoms with Gasteiger partial charge in [0.05, 0.1) is 5.52 Å². The zero-order chi connectivity index (χ0) is 37.4. The van der Waals surface area contributed by atoms with Gasteiger partial charge in [0.1, 0.15) is 11.2 Å². The Bertz CT molecular complexity index is 3220. The Kier molecular flexibility index (Phi) is 6.75. The monoisotopic (exact) mass is 727 g/mol. The van der Waals surface area contributed by atoms with Crippen molar-refractivity contribution in [1.29, 1.82) is 0 Å². The fraction of sp³-hybridized carbons (Fsp3) is 0.160. The lowest BCUT2D eigenvalue weighted by Gasteiger charge is -2.26. The van der Waals surface area contributed by atoms with E-state index in [9.17, 15) is 0 Å². The van der Waals surface area contributed by atoms with Crippen LogP contribution in [0.4, 0.5) is 11.4 Å². The molecule has 0 saturated heterocycles. The van der Waals surface area contributed by atoms with Crippen LogP contribution >= 0.6 is 11.3 Å². The molecule has 3 nitrogen and oxygen atoms in total. The van der Waals surface area contributed by atoms with Crippen molar-refractivity contribution in [2.75, 3.05) is 5.32 Å². The summed E-state index contributed by atoms with van der Waals surface area (Å²) in [5.41, 5.74) is 15.2. The lowest BCUT2D eigenvalue weighted by atomic mass is 9.59. The molecule has 4 heterocycles. The maximum Gasteiger partial charge on any atom is 0.197 e. The summed E-state index contributed by atoms with van der Waals surface area (Å²) < 4.78 is 11.6. The van der Waals surface area contributed by atoms with E-state index in [1.807, 2.05) is 11.3 Å². The molecule has 0 spiro atoms. The minimum absolute atomic E-state index is 0.0201. The van der Waals surface area contributed by atoms with Crippen LogP contribution in [0.15, 0.2) is 132 Å². The van der Waals surface area contributed by atoms with Crippen LogP contribution in [-0.2, 0) is 10.8 Å². The number of anilines is 2. The number of thiophene rings is 1. The van der Waals surface area contributed by atoms with Crippen LogP contribution < -0.4 is 16.2 Å². The topological polar surface area (TPSA) is 30.1 Å². The summed E-state index contributed by atoms with van der Waals surface area (Å²) in [5, 5.41) is 11.3. The molecule has 0 amide bonds. The molecule has 1 radical (unpaired) electrons. The molecule has 0 atom stereocenters. The van der Waals surface area contributed by atoms with Gasteiger partial charge in [0.25, 0.3) is 0 Å². The molecule has 1 aliphatic heterocycles. The zero-order valence-corrected chi connectivity index (χ0v) is 32.8. The van der Waals surface area contributed by atoms with Crippen molar-refractivity contribution in [3.05, 3.63) is 139 Å². The predicted molar refractivity (Wildman–Crippen MR) is 239 cm³/mol. The van der Waals surface area contributed by atoms with E-state index in [1.165, 1.54) is 86.2 Å². The van der Waals surface area contributed by atoms with Crippen molar-refractivity contribution < 1.29 is 4.42 Å². The summed E-state index contributed by atoms with van der Waals surface area (Å²) in [5.74, 6) is 0. The first-order valence-electron chi connectivity index (χ1n) is 19.3. The zero-order valence-electron chi connectivity index (χ0n) is 32.0. The highest BCUT2D eigenvalue weighted by atomic mass is 32.1. The predicted octanol–water partition coefficient (Wildman–Crippen LogP) is 13.0. The summed E-state index contributed by atoms with van der Waals surface area (Å²) in [6, 6.07) is 47.2. The van der Waals surface area contributed by atoms with Gasteiger partial charge >= 0.3 is 0 Å². The fourth-order valence-corrected chi connectivity index (χ4v) is 9.98. The van der Waals surface area contributed by atoms with E-state index in [0.29, 0.717) is 0 Å². The molecule has 1 N–H and O–H groups in total. The highest BCUT2D eigenvalue weighted by Gasteiger charge is 2.29. The van der Waals surface area contributed by atoms with Gasteiger partial charge in [-0.3, -0.25) is 0 Å². The van der Waals surface area contributed by atoms with Crippen molar-refractivity contribution in [3.8, 4) is 16.8 Å². The SMILES string of the molecule is CC(C)(C)c1ccc(Nc2ccc(C(C)(C)C)cc2-c2ccc3c4c5c(ccc4n4c3c2[B]c2cc3c(cc2-4)sc2ccccc23)oc2ccccc25)cc1. The molecular formula is C50H40BN2OS. The van der Waals surface area contributed by atoms with Gasteiger partial charge in [-0.15, -0.1) is 11.3 Å². The van der Waals surface area contributed by atoms with E-state index in [4.69, 9.17) is 4.42 Å². The van der Waals surface area contributed by atoms with Crippen molar-refractivity contribution in [1.82, 2.24) is 4.57 Å². The van der Waals surface area contributed by atoms with Gasteiger partial charge in [-0.2, -0.15) is 0 Å². The first-order valence-corrected chi connectivity index (χ1v) is 20.1. The average molecular weight is 728 g/mol. The Balaban J connectivity index is 1.22. The van der Waals surface area contributed by atoms with Crippen LogP contribution in [-0.4, -0.2) is 11.8 Å². The summed E-state index contributed by atoms with van der Waals surface area (Å²) in [6.45, 7) is 13.7. The molecule has 1 aliphatic rings. The number of rotatable bonds is 3. The van der Waals surface area contributed by atoms with Crippen LogP contribution in [0.2, 0.25) is 0 Å². The third-order valence-corrected chi connectivity index (χ3v) is 12.9. The number of para-hydroxylation sites is 1. The molecule has 0 fully saturated rings. The molecule has 0 bridgehead atoms. The molecule has 11 rings (SSSR count). The molecule has 10 aromatic rings. The third-order valence-electron chi connectivity index (χ3n) is 11.7. The van der Waals surface area contributed by atoms with E-state index in [0.717, 1.165) is 27.9 Å². The van der Waals surface area contributed by atoms with E-state index < -0.39 is 0 Å². The summed E-state index contributed by atoms with van der Waals surface area (Å²) in [7, 11) is 2.45. The summed E-state index contributed by atoms with van der Waals surface area (Å²) >= 11 is 1.88. The van der Waals surface area contributed by atoms with Gasteiger partial charge in [-0.05, 0) is 93.0 Å². The van der Waals surface area contributed by atoms with Gasteiger partial charge < -0.3 is 14.3 Å². The van der Waals surface area contributed by atoms with E-state index in [1.54, 1.807) is 0 Å². The second-order valence-corrected chi connectivity index (χ2v) is 18.4. The number of fused-ring (bicyclic) bond motifs is 12. The largest absolute Gasteiger partial charge is 0.456 e. The normalized spacial score (nSPS) is 13.1. The fourth-order valence-electron chi connectivity index (χ4n) is 8.86. The second-order valence-electron chi connectivity index (χ2n) is 17.3. The average Bonchev–Trinajstić information content (AvgIpc) is 3.84. The Morgan fingerprint density at radius 2 is 1.33 bits per heavy atom. The van der Waals surface area contributed by atoms with Crippen LogP contribution in [0, 0.1) is 0 Å². The number of hydrogen-bond acceptors (Lipinski definition) is 3. The van der Waals surface area contributed by atoms with Crippen molar-refractivity contribution in [3.63, 3.8) is 0 Å². The number of hydrogen-bond donors (Lipinski definition) is 1. The highest BCUT2D eigenvalue weighted by molar-refractivity contribution is 7.25. The lowest BCUT2D eigenvalue weighted by molar-refractivity contribution is 0.590. The molecule has 0 aliphatic carbocycles. The maximum absolute atomic E-state index is 6.47. The van der Waals surface area contributed by atoms with Crippen molar-refractivity contribution in [2.24, 2.45) is 0 Å².